The van der Waals surface area contributed by atoms with Gasteiger partial charge in [0.15, 0.2) is 0 Å². The van der Waals surface area contributed by atoms with Gasteiger partial charge in [-0.3, -0.25) is 4.79 Å². The van der Waals surface area contributed by atoms with Gasteiger partial charge < -0.3 is 10.4 Å². The van der Waals surface area contributed by atoms with Crippen LogP contribution >= 0.6 is 50.1 Å². The molecule has 3 N–H and O–H groups in total. The van der Waals surface area contributed by atoms with Crippen molar-refractivity contribution in [1.29, 1.82) is 0 Å². The van der Waals surface area contributed by atoms with Gasteiger partial charge in [-0.05, 0) is 24.3 Å². The standard InChI is InChI=1S/C18H15BrIN3O2S/c19-13-5-1-12(2-6-13)18-22-16(10-26-18)11-3-7-14(8-4-11)21-17(25)15(9-24)23-20/h1-8,10,15,23-24H,9H2,(H,21,25). The van der Waals surface area contributed by atoms with Gasteiger partial charge in [0.25, 0.3) is 0 Å². The van der Waals surface area contributed by atoms with E-state index in [1.165, 1.54) is 0 Å². The topological polar surface area (TPSA) is 74.2 Å². The predicted octanol–water partition coefficient (Wildman–Crippen LogP) is 4.48. The van der Waals surface area contributed by atoms with E-state index in [1.54, 1.807) is 11.3 Å². The summed E-state index contributed by atoms with van der Waals surface area (Å²) in [5.74, 6) is -0.277. The quantitative estimate of drug-likeness (QED) is 0.316. The Morgan fingerprint density at radius 2 is 1.81 bits per heavy atom. The Labute approximate surface area is 177 Å². The minimum atomic E-state index is -0.637. The first-order valence-electron chi connectivity index (χ1n) is 7.70. The molecule has 0 aliphatic carbocycles. The molecule has 3 rings (SSSR count). The summed E-state index contributed by atoms with van der Waals surface area (Å²) in [6.45, 7) is -0.259. The molecule has 3 aromatic rings. The normalized spacial score (nSPS) is 12.0. The Balaban J connectivity index is 1.73. The lowest BCUT2D eigenvalue weighted by Crippen LogP contribution is -2.38. The molecule has 1 atom stereocenters. The van der Waals surface area contributed by atoms with E-state index >= 15 is 0 Å². The third kappa shape index (κ3) is 4.68. The number of aliphatic hydroxyl groups excluding tert-OH is 1. The van der Waals surface area contributed by atoms with Crippen molar-refractivity contribution in [2.75, 3.05) is 11.9 Å². The van der Waals surface area contributed by atoms with Crippen LogP contribution in [-0.4, -0.2) is 28.6 Å². The zero-order valence-corrected chi connectivity index (χ0v) is 18.0. The number of nitrogens with zero attached hydrogens (tertiary/aromatic N) is 1. The van der Waals surface area contributed by atoms with Crippen molar-refractivity contribution in [2.24, 2.45) is 0 Å². The van der Waals surface area contributed by atoms with Crippen LogP contribution in [0.1, 0.15) is 0 Å². The number of aliphatic hydroxyl groups is 1. The number of halogens is 2. The molecule has 2 aromatic carbocycles. The first kappa shape index (κ1) is 19.4. The van der Waals surface area contributed by atoms with E-state index in [2.05, 4.69) is 24.8 Å². The molecule has 1 heterocycles. The Morgan fingerprint density at radius 3 is 2.42 bits per heavy atom. The molecule has 1 aromatic heterocycles. The van der Waals surface area contributed by atoms with Gasteiger partial charge in [0.05, 0.1) is 12.3 Å². The van der Waals surface area contributed by atoms with Gasteiger partial charge in [0.2, 0.25) is 5.91 Å². The van der Waals surface area contributed by atoms with Crippen molar-refractivity contribution in [2.45, 2.75) is 6.04 Å². The minimum absolute atomic E-state index is 0.259. The summed E-state index contributed by atoms with van der Waals surface area (Å²) in [7, 11) is 0. The van der Waals surface area contributed by atoms with Crippen LogP contribution in [0.5, 0.6) is 0 Å². The summed E-state index contributed by atoms with van der Waals surface area (Å²) in [5, 5.41) is 14.9. The number of carbonyl (C=O) groups is 1. The zero-order chi connectivity index (χ0) is 18.5. The first-order chi connectivity index (χ1) is 12.6. The largest absolute Gasteiger partial charge is 0.394 e. The number of hydrogen-bond donors (Lipinski definition) is 3. The molecule has 26 heavy (non-hydrogen) atoms. The summed E-state index contributed by atoms with van der Waals surface area (Å²) in [4.78, 5) is 16.7. The van der Waals surface area contributed by atoms with E-state index < -0.39 is 6.04 Å². The van der Waals surface area contributed by atoms with Crippen molar-refractivity contribution < 1.29 is 9.90 Å². The highest BCUT2D eigenvalue weighted by molar-refractivity contribution is 14.1. The van der Waals surface area contributed by atoms with Gasteiger partial charge in [-0.1, -0.05) is 40.2 Å². The van der Waals surface area contributed by atoms with Gasteiger partial charge in [-0.25, -0.2) is 8.51 Å². The number of rotatable bonds is 6. The van der Waals surface area contributed by atoms with Crippen LogP contribution in [0.4, 0.5) is 5.69 Å². The van der Waals surface area contributed by atoms with E-state index in [4.69, 9.17) is 10.1 Å². The minimum Gasteiger partial charge on any atom is -0.394 e. The van der Waals surface area contributed by atoms with Crippen molar-refractivity contribution in [3.05, 3.63) is 58.4 Å². The lowest BCUT2D eigenvalue weighted by atomic mass is 10.1. The summed E-state index contributed by atoms with van der Waals surface area (Å²) in [6.07, 6.45) is 0. The second-order valence-electron chi connectivity index (χ2n) is 5.46. The number of nitrogens with one attached hydrogen (secondary N) is 2. The number of anilines is 1. The molecule has 0 radical (unpaired) electrons. The molecule has 5 nitrogen and oxygen atoms in total. The smallest absolute Gasteiger partial charge is 0.244 e. The molecule has 1 unspecified atom stereocenters. The molecule has 0 saturated carbocycles. The fourth-order valence-electron chi connectivity index (χ4n) is 2.25. The Morgan fingerprint density at radius 1 is 1.15 bits per heavy atom. The summed E-state index contributed by atoms with van der Waals surface area (Å²) < 4.78 is 3.77. The molecular weight excluding hydrogens is 529 g/mol. The molecule has 0 bridgehead atoms. The average molecular weight is 544 g/mol. The van der Waals surface area contributed by atoms with Gasteiger partial charge in [-0.2, -0.15) is 0 Å². The molecular formula is C18H15BrIN3O2S. The monoisotopic (exact) mass is 543 g/mol. The zero-order valence-electron chi connectivity index (χ0n) is 13.4. The lowest BCUT2D eigenvalue weighted by Gasteiger charge is -2.12. The summed E-state index contributed by atoms with van der Waals surface area (Å²) >= 11 is 6.88. The second-order valence-corrected chi connectivity index (χ2v) is 7.85. The van der Waals surface area contributed by atoms with E-state index in [-0.39, 0.29) is 12.5 Å². The van der Waals surface area contributed by atoms with E-state index in [1.807, 2.05) is 76.8 Å². The number of aromatic nitrogens is 1. The molecule has 0 saturated heterocycles. The van der Waals surface area contributed by atoms with Crippen molar-refractivity contribution >= 4 is 61.7 Å². The third-order valence-electron chi connectivity index (χ3n) is 3.67. The van der Waals surface area contributed by atoms with Gasteiger partial charge in [0, 0.05) is 49.5 Å². The Bertz CT molecular complexity index is 880. The van der Waals surface area contributed by atoms with Crippen LogP contribution in [-0.2, 0) is 4.79 Å². The van der Waals surface area contributed by atoms with Crippen molar-refractivity contribution in [3.63, 3.8) is 0 Å². The van der Waals surface area contributed by atoms with Crippen LogP contribution in [0, 0.1) is 0 Å². The summed E-state index contributed by atoms with van der Waals surface area (Å²) in [6, 6.07) is 14.9. The van der Waals surface area contributed by atoms with Crippen LogP contribution < -0.4 is 8.85 Å². The third-order valence-corrected chi connectivity index (χ3v) is 5.85. The Kier molecular flexibility index (Phi) is 6.76. The van der Waals surface area contributed by atoms with E-state index in [9.17, 15) is 4.79 Å². The molecule has 0 aliphatic rings. The number of amides is 1. The van der Waals surface area contributed by atoms with Gasteiger partial charge >= 0.3 is 0 Å². The lowest BCUT2D eigenvalue weighted by molar-refractivity contribution is -0.118. The van der Waals surface area contributed by atoms with E-state index in [0.717, 1.165) is 26.3 Å². The second kappa shape index (κ2) is 9.05. The molecule has 8 heteroatoms. The fraction of sp³-hybridized carbons (Fsp3) is 0.111. The van der Waals surface area contributed by atoms with Gasteiger partial charge in [0.1, 0.15) is 11.0 Å². The fourth-order valence-corrected chi connectivity index (χ4v) is 3.83. The number of hydrogen-bond acceptors (Lipinski definition) is 5. The van der Waals surface area contributed by atoms with Crippen LogP contribution in [0.15, 0.2) is 58.4 Å². The number of thiazole rings is 1. The maximum atomic E-state index is 12.0. The average Bonchev–Trinajstić information content (AvgIpc) is 3.14. The molecule has 134 valence electrons. The summed E-state index contributed by atoms with van der Waals surface area (Å²) in [5.41, 5.74) is 3.63. The maximum Gasteiger partial charge on any atom is 0.244 e. The van der Waals surface area contributed by atoms with Crippen LogP contribution in [0.25, 0.3) is 21.8 Å². The molecule has 0 spiro atoms. The van der Waals surface area contributed by atoms with Gasteiger partial charge in [-0.15, -0.1) is 11.3 Å². The predicted molar refractivity (Wildman–Crippen MR) is 117 cm³/mol. The molecule has 0 aliphatic heterocycles. The molecule has 0 fully saturated rings. The first-order valence-corrected chi connectivity index (χ1v) is 10.5. The highest BCUT2D eigenvalue weighted by Gasteiger charge is 2.15. The van der Waals surface area contributed by atoms with Crippen molar-refractivity contribution in [1.82, 2.24) is 8.51 Å². The number of benzene rings is 2. The Hall–Kier alpha value is -1.33. The number of carbonyl (C=O) groups excluding carboxylic acids is 1. The highest BCUT2D eigenvalue weighted by atomic mass is 127. The van der Waals surface area contributed by atoms with Crippen LogP contribution in [0.2, 0.25) is 0 Å². The maximum absolute atomic E-state index is 12.0. The SMILES string of the molecule is O=C(Nc1ccc(-c2csc(-c3ccc(Br)cc3)n2)cc1)C(CO)NI. The van der Waals surface area contributed by atoms with Crippen LogP contribution in [0.3, 0.4) is 0 Å². The highest BCUT2D eigenvalue weighted by Crippen LogP contribution is 2.30. The van der Waals surface area contributed by atoms with E-state index in [0.29, 0.717) is 5.69 Å². The van der Waals surface area contributed by atoms with Crippen molar-refractivity contribution in [3.8, 4) is 21.8 Å². The molecule has 1 amide bonds.